The molecule has 0 aliphatic heterocycles. The number of ketones is 1. The van der Waals surface area contributed by atoms with E-state index in [1.165, 1.54) is 11.8 Å². The van der Waals surface area contributed by atoms with E-state index in [4.69, 9.17) is 14.2 Å². The number of alkyl carbamates (subject to hydrolysis) is 1. The summed E-state index contributed by atoms with van der Waals surface area (Å²) >= 11 is 1.45. The molecule has 1 rings (SSSR count). The number of hydrogen-bond acceptors (Lipinski definition) is 12. The van der Waals surface area contributed by atoms with Crippen molar-refractivity contribution in [2.45, 2.75) is 96.4 Å². The predicted octanol–water partition coefficient (Wildman–Crippen LogP) is 2.48. The van der Waals surface area contributed by atoms with Crippen molar-refractivity contribution in [3.63, 3.8) is 0 Å². The predicted molar refractivity (Wildman–Crippen MR) is 198 cm³/mol. The molecular weight excluding hydrogens is 708 g/mol. The number of carbonyl (C=O) groups excluding carboxylic acids is 5. The maximum Gasteiger partial charge on any atom is 0.407 e. The molecule has 4 amide bonds. The van der Waals surface area contributed by atoms with Crippen LogP contribution in [-0.4, -0.2) is 115 Å². The molecule has 1 aromatic rings. The highest BCUT2D eigenvalue weighted by atomic mass is 32.2. The lowest BCUT2D eigenvalue weighted by atomic mass is 9.90. The highest BCUT2D eigenvalue weighted by Gasteiger charge is 2.29. The third-order valence-corrected chi connectivity index (χ3v) is 7.70. The van der Waals surface area contributed by atoms with E-state index >= 15 is 0 Å². The molecule has 0 fully saturated rings. The molecule has 1 aromatic heterocycles. The van der Waals surface area contributed by atoms with Gasteiger partial charge in [0.15, 0.2) is 10.9 Å². The minimum absolute atomic E-state index is 0.107. The van der Waals surface area contributed by atoms with Crippen molar-refractivity contribution in [1.29, 1.82) is 0 Å². The average molecular weight is 765 g/mol. The van der Waals surface area contributed by atoms with Crippen molar-refractivity contribution in [1.82, 2.24) is 31.2 Å². The first-order valence-corrected chi connectivity index (χ1v) is 18.9. The van der Waals surface area contributed by atoms with Gasteiger partial charge in [0.25, 0.3) is 0 Å². The van der Waals surface area contributed by atoms with Gasteiger partial charge < -0.3 is 40.6 Å². The molecule has 0 radical (unpaired) electrons. The molecule has 1 heterocycles. The van der Waals surface area contributed by atoms with E-state index in [9.17, 15) is 33.9 Å². The number of rotatable bonds is 25. The molecule has 0 spiro atoms. The molecule has 0 saturated heterocycles. The van der Waals surface area contributed by atoms with Gasteiger partial charge in [-0.05, 0) is 52.2 Å². The molecule has 0 aliphatic rings. The number of nitrogens with one attached hydrogen (secondary N) is 4. The largest absolute Gasteiger partial charge is 0.481 e. The van der Waals surface area contributed by atoms with E-state index in [0.717, 1.165) is 5.56 Å². The summed E-state index contributed by atoms with van der Waals surface area (Å²) in [5, 5.41) is 20.9. The zero-order valence-electron chi connectivity index (χ0n) is 31.7. The minimum atomic E-state index is -1.12. The van der Waals surface area contributed by atoms with Gasteiger partial charge >= 0.3 is 12.1 Å². The van der Waals surface area contributed by atoms with Crippen LogP contribution >= 0.6 is 11.8 Å². The summed E-state index contributed by atoms with van der Waals surface area (Å²) < 4.78 is 15.8. The van der Waals surface area contributed by atoms with Crippen LogP contribution in [0.1, 0.15) is 85.1 Å². The smallest absolute Gasteiger partial charge is 0.407 e. The molecule has 0 unspecified atom stereocenters. The second kappa shape index (κ2) is 26.5. The molecule has 53 heavy (non-hydrogen) atoms. The minimum Gasteiger partial charge on any atom is -0.481 e. The van der Waals surface area contributed by atoms with Gasteiger partial charge in [-0.1, -0.05) is 43.9 Å². The Kier molecular flexibility index (Phi) is 23.4. The zero-order valence-corrected chi connectivity index (χ0v) is 32.5. The summed E-state index contributed by atoms with van der Waals surface area (Å²) in [7, 11) is 0. The van der Waals surface area contributed by atoms with Gasteiger partial charge in [0.2, 0.25) is 17.7 Å². The van der Waals surface area contributed by atoms with Crippen LogP contribution in [-0.2, 0) is 38.2 Å². The molecule has 5 N–H and O–H groups in total. The number of aliphatic carboxylic acids is 1. The standard InChI is InChI=1S/C36H56N6O10S/c1-25(2)32(28(43)20-27(33(47)48)13-10-11-15-39-35(49)52-36(3,4)5)42-31(46)24-51-23-30(45)38-17-19-50-18-16-37-29(44)14-9-7-8-12-26-21-40-34(53-6)41-22-26/h21-22,25,27,32H,7,9-11,13-20,23-24H2,1-6H3,(H,37,44)(H,38,45)(H,39,49)(H,42,46)(H,47,48)/t27-,32+/m1/s1. The number of aromatic nitrogens is 2. The van der Waals surface area contributed by atoms with Gasteiger partial charge in [0.1, 0.15) is 18.8 Å². The summed E-state index contributed by atoms with van der Waals surface area (Å²) in [6.45, 7) is 9.14. The van der Waals surface area contributed by atoms with Gasteiger partial charge in [-0.25, -0.2) is 14.8 Å². The normalized spacial score (nSPS) is 12.1. The third kappa shape index (κ3) is 23.8. The number of nitrogens with zero attached hydrogens (tertiary/aromatic N) is 2. The van der Waals surface area contributed by atoms with Gasteiger partial charge in [0.05, 0.1) is 30.7 Å². The second-order valence-electron chi connectivity index (χ2n) is 13.3. The Bertz CT molecular complexity index is 1380. The van der Waals surface area contributed by atoms with Crippen molar-refractivity contribution in [2.24, 2.45) is 11.8 Å². The number of unbranched alkanes of at least 4 members (excludes halogenated alkanes) is 2. The van der Waals surface area contributed by atoms with Crippen LogP contribution < -0.4 is 21.3 Å². The third-order valence-electron chi connectivity index (χ3n) is 7.13. The van der Waals surface area contributed by atoms with Gasteiger partial charge in [-0.2, -0.15) is 0 Å². The summed E-state index contributed by atoms with van der Waals surface area (Å²) in [6, 6.07) is -0.929. The quantitative estimate of drug-likeness (QED) is 0.0418. The van der Waals surface area contributed by atoms with Crippen molar-refractivity contribution >= 4 is 47.3 Å². The van der Waals surface area contributed by atoms with E-state index in [2.05, 4.69) is 43.1 Å². The number of Topliss-reactive ketones (excluding diaryl/α,β-unsaturated/α-hetero) is 1. The summed E-state index contributed by atoms with van der Waals surface area (Å²) in [4.78, 5) is 81.4. The van der Waals surface area contributed by atoms with E-state index in [1.54, 1.807) is 47.0 Å². The number of ether oxygens (including phenoxy) is 3. The van der Waals surface area contributed by atoms with Crippen LogP contribution in [0.25, 0.3) is 0 Å². The molecular formula is C36H56N6O10S. The highest BCUT2D eigenvalue weighted by Crippen LogP contribution is 2.17. The summed E-state index contributed by atoms with van der Waals surface area (Å²) in [5.41, 5.74) is 0.101. The average Bonchev–Trinajstić information content (AvgIpc) is 3.08. The Hall–Kier alpha value is -4.27. The number of carboxylic acids is 1. The van der Waals surface area contributed by atoms with Crippen LogP contribution in [0, 0.1) is 23.7 Å². The Morgan fingerprint density at radius 1 is 0.868 bits per heavy atom. The lowest BCUT2D eigenvalue weighted by Gasteiger charge is -2.23. The lowest BCUT2D eigenvalue weighted by Crippen LogP contribution is -2.46. The first-order chi connectivity index (χ1) is 25.1. The SMILES string of the molecule is CSc1ncc(C#CCCCC(=O)NCCOCCNC(=O)COCC(=O)N[C@H](C(=O)C[C@@H](CCCCNC(=O)OC(C)(C)C)C(=O)O)C(C)C)cn1. The maximum absolute atomic E-state index is 13.0. The molecule has 17 heteroatoms. The first-order valence-electron chi connectivity index (χ1n) is 17.7. The van der Waals surface area contributed by atoms with E-state index < -0.39 is 60.4 Å². The molecule has 0 saturated carbocycles. The zero-order chi connectivity index (χ0) is 39.6. The van der Waals surface area contributed by atoms with Crippen LogP contribution in [0.3, 0.4) is 0 Å². The van der Waals surface area contributed by atoms with E-state index in [-0.39, 0.29) is 44.4 Å². The monoisotopic (exact) mass is 764 g/mol. The Balaban J connectivity index is 2.20. The Morgan fingerprint density at radius 3 is 2.11 bits per heavy atom. The maximum atomic E-state index is 13.0. The van der Waals surface area contributed by atoms with Crippen molar-refractivity contribution in [3.05, 3.63) is 18.0 Å². The second-order valence-corrected chi connectivity index (χ2v) is 14.1. The summed E-state index contributed by atoms with van der Waals surface area (Å²) in [5.74, 6) is 1.99. The van der Waals surface area contributed by atoms with Crippen molar-refractivity contribution in [2.75, 3.05) is 52.3 Å². The van der Waals surface area contributed by atoms with Crippen molar-refractivity contribution in [3.8, 4) is 11.8 Å². The summed E-state index contributed by atoms with van der Waals surface area (Å²) in [6.07, 6.45) is 7.11. The number of amides is 4. The van der Waals surface area contributed by atoms with Gasteiger partial charge in [-0.15, -0.1) is 0 Å². The molecule has 296 valence electrons. The fourth-order valence-electron chi connectivity index (χ4n) is 4.53. The first kappa shape index (κ1) is 46.8. The van der Waals surface area contributed by atoms with Crippen LogP contribution in [0.2, 0.25) is 0 Å². The Morgan fingerprint density at radius 2 is 1.51 bits per heavy atom. The number of hydrogen-bond donors (Lipinski definition) is 5. The fourth-order valence-corrected chi connectivity index (χ4v) is 4.84. The van der Waals surface area contributed by atoms with Crippen LogP contribution in [0.5, 0.6) is 0 Å². The number of thioether (sulfide) groups is 1. The molecule has 0 bridgehead atoms. The van der Waals surface area contributed by atoms with Gasteiger partial charge in [0, 0.05) is 51.3 Å². The van der Waals surface area contributed by atoms with E-state index in [0.29, 0.717) is 50.4 Å². The number of carbonyl (C=O) groups is 6. The molecule has 0 aliphatic carbocycles. The van der Waals surface area contributed by atoms with Crippen LogP contribution in [0.15, 0.2) is 17.6 Å². The van der Waals surface area contributed by atoms with Crippen molar-refractivity contribution < 1.29 is 48.1 Å². The van der Waals surface area contributed by atoms with E-state index in [1.807, 2.05) is 6.26 Å². The molecule has 2 atom stereocenters. The van der Waals surface area contributed by atoms with Crippen LogP contribution in [0.4, 0.5) is 4.79 Å². The van der Waals surface area contributed by atoms with Gasteiger partial charge in [-0.3, -0.25) is 24.0 Å². The lowest BCUT2D eigenvalue weighted by molar-refractivity contribution is -0.144. The number of carboxylic acid groups (broad SMARTS) is 1. The fraction of sp³-hybridized carbons (Fsp3) is 0.667. The highest BCUT2D eigenvalue weighted by molar-refractivity contribution is 7.98. The topological polar surface area (TPSA) is 224 Å². The molecule has 16 nitrogen and oxygen atoms in total. The molecule has 0 aromatic carbocycles. The Labute approximate surface area is 316 Å².